The summed E-state index contributed by atoms with van der Waals surface area (Å²) in [6.45, 7) is 2.06. The van der Waals surface area contributed by atoms with E-state index in [1.54, 1.807) is 9.47 Å². The van der Waals surface area contributed by atoms with Gasteiger partial charge in [-0.1, -0.05) is 90.7 Å². The van der Waals surface area contributed by atoms with Gasteiger partial charge in [-0.25, -0.2) is 4.90 Å². The zero-order chi connectivity index (χ0) is 26.8. The van der Waals surface area contributed by atoms with Crippen LogP contribution >= 0.6 is 0 Å². The van der Waals surface area contributed by atoms with Crippen LogP contribution in [0.15, 0.2) is 119 Å². The Labute approximate surface area is 228 Å². The predicted octanol–water partition coefficient (Wildman–Crippen LogP) is 7.62. The minimum Gasteiger partial charge on any atom is -0.438 e. The molecule has 0 amide bonds. The van der Waals surface area contributed by atoms with Crippen LogP contribution in [0, 0.1) is 24.9 Å². The number of allylic oxidation sites excluding steroid dienone is 2. The quantitative estimate of drug-likeness (QED) is 0.182. The number of fused-ring (bicyclic) bond motifs is 2. The zero-order valence-corrected chi connectivity index (χ0v) is 21.5. The second kappa shape index (κ2) is 10.1. The molecule has 0 atom stereocenters. The van der Waals surface area contributed by atoms with Gasteiger partial charge in [0.05, 0.1) is 6.08 Å². The molecular formula is C35H25N2O2+. The van der Waals surface area contributed by atoms with E-state index in [9.17, 15) is 0 Å². The number of oxazole rings is 1. The van der Waals surface area contributed by atoms with Gasteiger partial charge >= 0.3 is 5.89 Å². The summed E-state index contributed by atoms with van der Waals surface area (Å²) in [6, 6.07) is 38.0. The van der Waals surface area contributed by atoms with Gasteiger partial charge in [-0.3, -0.25) is 0 Å². The van der Waals surface area contributed by atoms with Crippen LogP contribution in [0.25, 0.3) is 39.4 Å². The van der Waals surface area contributed by atoms with Gasteiger partial charge in [0.1, 0.15) is 5.69 Å². The Bertz CT molecular complexity index is 1830. The fraction of sp³-hybridized carbons (Fsp3) is 0.0571. The maximum absolute atomic E-state index is 6.18. The second-order valence-corrected chi connectivity index (χ2v) is 9.12. The number of hydrogen-bond acceptors (Lipinski definition) is 3. The highest BCUT2D eigenvalue weighted by molar-refractivity contribution is 5.80. The third-order valence-electron chi connectivity index (χ3n) is 6.77. The zero-order valence-electron chi connectivity index (χ0n) is 21.5. The predicted molar refractivity (Wildman–Crippen MR) is 156 cm³/mol. The van der Waals surface area contributed by atoms with Crippen molar-refractivity contribution in [2.45, 2.75) is 13.3 Å². The van der Waals surface area contributed by atoms with Crippen molar-refractivity contribution >= 4 is 22.9 Å². The van der Waals surface area contributed by atoms with E-state index in [4.69, 9.17) is 22.0 Å². The highest BCUT2D eigenvalue weighted by Crippen LogP contribution is 2.41. The van der Waals surface area contributed by atoms with Crippen molar-refractivity contribution in [3.05, 3.63) is 120 Å². The second-order valence-electron chi connectivity index (χ2n) is 9.12. The summed E-state index contributed by atoms with van der Waals surface area (Å²) >= 11 is 0. The van der Waals surface area contributed by atoms with Gasteiger partial charge in [0.15, 0.2) is 5.75 Å². The SMILES string of the molecule is C#CN1C(=CC(=Cc2oc3ccc(-c4ccccc4)cc3[n+]2C#C)CC)Oc2ccc(-c3ccccc3)cc21. The van der Waals surface area contributed by atoms with Crippen molar-refractivity contribution in [1.29, 1.82) is 0 Å². The van der Waals surface area contributed by atoms with Crippen molar-refractivity contribution in [3.63, 3.8) is 0 Å². The lowest BCUT2D eigenvalue weighted by Crippen LogP contribution is -2.29. The third kappa shape index (κ3) is 4.46. The molecule has 0 saturated carbocycles. The number of rotatable bonds is 5. The Morgan fingerprint density at radius 1 is 0.846 bits per heavy atom. The van der Waals surface area contributed by atoms with Gasteiger partial charge in [0.25, 0.3) is 5.52 Å². The molecule has 4 nitrogen and oxygen atoms in total. The molecule has 0 radical (unpaired) electrons. The van der Waals surface area contributed by atoms with Crippen LogP contribution in [-0.2, 0) is 0 Å². The summed E-state index contributed by atoms with van der Waals surface area (Å²) in [5.41, 5.74) is 7.69. The largest absolute Gasteiger partial charge is 0.438 e. The van der Waals surface area contributed by atoms with E-state index in [0.717, 1.165) is 39.0 Å². The van der Waals surface area contributed by atoms with Crippen LogP contribution < -0.4 is 14.2 Å². The van der Waals surface area contributed by atoms with Gasteiger partial charge in [0, 0.05) is 18.2 Å². The van der Waals surface area contributed by atoms with Crippen molar-refractivity contribution in [3.8, 4) is 52.9 Å². The minimum absolute atomic E-state index is 0.556. The van der Waals surface area contributed by atoms with Crippen molar-refractivity contribution in [1.82, 2.24) is 0 Å². The maximum atomic E-state index is 6.18. The Balaban J connectivity index is 1.36. The molecule has 6 rings (SSSR count). The maximum Gasteiger partial charge on any atom is 0.389 e. The van der Waals surface area contributed by atoms with Crippen molar-refractivity contribution in [2.24, 2.45) is 0 Å². The van der Waals surface area contributed by atoms with Crippen LogP contribution in [0.2, 0.25) is 0 Å². The molecule has 1 aliphatic heterocycles. The topological polar surface area (TPSA) is 29.5 Å². The lowest BCUT2D eigenvalue weighted by molar-refractivity contribution is -0.562. The van der Waals surface area contributed by atoms with Gasteiger partial charge in [-0.15, -0.1) is 0 Å². The number of ether oxygens (including phenoxy) is 1. The molecule has 0 spiro atoms. The molecule has 0 unspecified atom stereocenters. The first kappa shape index (κ1) is 23.9. The van der Waals surface area contributed by atoms with E-state index >= 15 is 0 Å². The number of benzene rings is 4. The van der Waals surface area contributed by atoms with E-state index in [2.05, 4.69) is 55.4 Å². The average molecular weight is 506 g/mol. The molecule has 0 aliphatic carbocycles. The molecule has 2 heterocycles. The van der Waals surface area contributed by atoms with E-state index in [-0.39, 0.29) is 0 Å². The Morgan fingerprint density at radius 2 is 1.51 bits per heavy atom. The molecule has 5 aromatic rings. The molecule has 4 heteroatoms. The summed E-state index contributed by atoms with van der Waals surface area (Å²) in [7, 11) is 0. The summed E-state index contributed by atoms with van der Waals surface area (Å²) in [6.07, 6.45) is 16.5. The first-order valence-electron chi connectivity index (χ1n) is 12.7. The van der Waals surface area contributed by atoms with Gasteiger partial charge in [0.2, 0.25) is 17.5 Å². The number of nitrogens with zero attached hydrogens (tertiary/aromatic N) is 2. The molecule has 0 bridgehead atoms. The highest BCUT2D eigenvalue weighted by atomic mass is 16.5. The normalized spacial score (nSPS) is 13.7. The number of aromatic nitrogens is 1. The summed E-state index contributed by atoms with van der Waals surface area (Å²) in [4.78, 5) is 1.73. The fourth-order valence-electron chi connectivity index (χ4n) is 4.75. The standard InChI is InChI=1S/C35H25N2O2/c1-4-25(21-34-36(5-2)30-23-28(17-19-32(30)38-34)26-13-9-7-10-14-26)22-35-37(6-3)31-24-29(18-20-33(31)39-35)27-15-11-8-12-16-27/h2-3,7-24H,4H2,1H3/q+1. The van der Waals surface area contributed by atoms with Gasteiger partial charge in [-0.2, -0.15) is 0 Å². The average Bonchev–Trinajstić information content (AvgIpc) is 3.53. The lowest BCUT2D eigenvalue weighted by Gasteiger charge is -2.10. The minimum atomic E-state index is 0.556. The van der Waals surface area contributed by atoms with E-state index in [0.29, 0.717) is 29.5 Å². The van der Waals surface area contributed by atoms with Crippen molar-refractivity contribution < 1.29 is 13.7 Å². The third-order valence-corrected chi connectivity index (χ3v) is 6.77. The molecule has 39 heavy (non-hydrogen) atoms. The summed E-state index contributed by atoms with van der Waals surface area (Å²) in [5, 5.41) is 0. The van der Waals surface area contributed by atoms with Crippen LogP contribution in [-0.4, -0.2) is 0 Å². The monoisotopic (exact) mass is 505 g/mol. The number of hydrogen-bond donors (Lipinski definition) is 0. The molecule has 4 aromatic carbocycles. The molecule has 0 N–H and O–H groups in total. The molecule has 1 aromatic heterocycles. The van der Waals surface area contributed by atoms with E-state index < -0.39 is 0 Å². The molecule has 1 aliphatic rings. The molecule has 0 saturated heterocycles. The summed E-state index contributed by atoms with van der Waals surface area (Å²) < 4.78 is 14.1. The van der Waals surface area contributed by atoms with Gasteiger partial charge < -0.3 is 9.15 Å². The molecular weight excluding hydrogens is 480 g/mol. The Hall–Kier alpha value is -5.45. The lowest BCUT2D eigenvalue weighted by atomic mass is 10.0. The number of anilines is 1. The molecule has 186 valence electrons. The van der Waals surface area contributed by atoms with Gasteiger partial charge in [-0.05, 0) is 58.9 Å². The first-order valence-corrected chi connectivity index (χ1v) is 12.7. The van der Waals surface area contributed by atoms with Crippen LogP contribution in [0.4, 0.5) is 5.69 Å². The van der Waals surface area contributed by atoms with Crippen LogP contribution in [0.3, 0.4) is 0 Å². The smallest absolute Gasteiger partial charge is 0.389 e. The Morgan fingerprint density at radius 3 is 2.15 bits per heavy atom. The van der Waals surface area contributed by atoms with E-state index in [1.807, 2.05) is 72.8 Å². The Kier molecular flexibility index (Phi) is 6.21. The fourth-order valence-corrected chi connectivity index (χ4v) is 4.75. The van der Waals surface area contributed by atoms with Crippen LogP contribution in [0.1, 0.15) is 19.2 Å². The first-order chi connectivity index (χ1) is 19.2. The highest BCUT2D eigenvalue weighted by Gasteiger charge is 2.27. The summed E-state index contributed by atoms with van der Waals surface area (Å²) in [5.74, 6) is 1.83. The number of terminal acetylenes is 2. The van der Waals surface area contributed by atoms with Crippen molar-refractivity contribution in [2.75, 3.05) is 4.90 Å². The van der Waals surface area contributed by atoms with Crippen LogP contribution in [0.5, 0.6) is 5.75 Å². The molecule has 0 fully saturated rings. The van der Waals surface area contributed by atoms with E-state index in [1.165, 1.54) is 0 Å².